The Bertz CT molecular complexity index is 551. The molecule has 146 valence electrons. The normalized spacial score (nSPS) is 16.0. The van der Waals surface area contributed by atoms with E-state index in [0.29, 0.717) is 18.2 Å². The summed E-state index contributed by atoms with van der Waals surface area (Å²) in [5.74, 6) is -2.26. The molecule has 0 radical (unpaired) electrons. The van der Waals surface area contributed by atoms with E-state index in [1.54, 1.807) is 0 Å². The number of halogens is 1. The first-order chi connectivity index (χ1) is 12.3. The fourth-order valence-corrected chi connectivity index (χ4v) is 2.27. The Labute approximate surface area is 159 Å². The van der Waals surface area contributed by atoms with Crippen LogP contribution in [0.5, 0.6) is 0 Å². The molecular formula is C15H22BrN3O7. The minimum absolute atomic E-state index is 0.0373. The number of hydroxylamine groups is 2. The SMILES string of the molecule is COCCNC(O)/C(Br)=C\C(=O)NCCCC(=O)ON1C(=O)CCC1=O. The highest BCUT2D eigenvalue weighted by atomic mass is 79.9. The standard InChI is InChI=1S/C15H22BrN3O7/c1-25-8-7-18-15(24)10(16)9-11(20)17-6-2-3-14(23)26-19-12(21)4-5-13(19)22/h9,15,18,24H,2-8H2,1H3,(H,17,20)/b10-9+. The molecular weight excluding hydrogens is 414 g/mol. The molecule has 10 nitrogen and oxygen atoms in total. The molecule has 0 bridgehead atoms. The lowest BCUT2D eigenvalue weighted by atomic mass is 10.3. The smallest absolute Gasteiger partial charge is 0.333 e. The summed E-state index contributed by atoms with van der Waals surface area (Å²) in [7, 11) is 1.53. The molecule has 3 amide bonds. The number of ether oxygens (including phenoxy) is 1. The fourth-order valence-electron chi connectivity index (χ4n) is 1.90. The van der Waals surface area contributed by atoms with Crippen molar-refractivity contribution in [2.45, 2.75) is 31.9 Å². The first kappa shape index (κ1) is 22.2. The molecule has 0 aliphatic carbocycles. The van der Waals surface area contributed by atoms with Crippen LogP contribution in [0.4, 0.5) is 0 Å². The molecule has 1 aliphatic heterocycles. The zero-order valence-electron chi connectivity index (χ0n) is 14.3. The van der Waals surface area contributed by atoms with E-state index in [1.165, 1.54) is 13.2 Å². The summed E-state index contributed by atoms with van der Waals surface area (Å²) in [5, 5.41) is 15.5. The lowest BCUT2D eigenvalue weighted by molar-refractivity contribution is -0.197. The maximum atomic E-state index is 11.7. The number of aliphatic hydroxyl groups excluding tert-OH is 1. The number of rotatable bonds is 11. The number of carbonyl (C=O) groups excluding carboxylic acids is 4. The van der Waals surface area contributed by atoms with Crippen molar-refractivity contribution < 1.29 is 33.9 Å². The summed E-state index contributed by atoms with van der Waals surface area (Å²) in [6, 6.07) is 0. The van der Waals surface area contributed by atoms with E-state index in [9.17, 15) is 24.3 Å². The van der Waals surface area contributed by atoms with Crippen LogP contribution in [-0.2, 0) is 28.8 Å². The van der Waals surface area contributed by atoms with Crippen molar-refractivity contribution in [3.05, 3.63) is 10.6 Å². The van der Waals surface area contributed by atoms with Crippen molar-refractivity contribution in [1.82, 2.24) is 15.7 Å². The monoisotopic (exact) mass is 435 g/mol. The third-order valence-electron chi connectivity index (χ3n) is 3.23. The van der Waals surface area contributed by atoms with Gasteiger partial charge in [0.25, 0.3) is 11.8 Å². The van der Waals surface area contributed by atoms with Crippen LogP contribution in [0.25, 0.3) is 0 Å². The molecule has 26 heavy (non-hydrogen) atoms. The van der Waals surface area contributed by atoms with Gasteiger partial charge in [-0.15, -0.1) is 5.06 Å². The lowest BCUT2D eigenvalue weighted by Gasteiger charge is -2.12. The van der Waals surface area contributed by atoms with Crippen LogP contribution in [0.3, 0.4) is 0 Å². The van der Waals surface area contributed by atoms with Gasteiger partial charge < -0.3 is 20.0 Å². The number of aliphatic hydroxyl groups is 1. The molecule has 1 aliphatic rings. The molecule has 11 heteroatoms. The zero-order chi connectivity index (χ0) is 19.5. The average Bonchev–Trinajstić information content (AvgIpc) is 2.90. The van der Waals surface area contributed by atoms with Gasteiger partial charge in [-0.25, -0.2) is 4.79 Å². The van der Waals surface area contributed by atoms with E-state index < -0.39 is 29.9 Å². The van der Waals surface area contributed by atoms with Crippen molar-refractivity contribution in [2.75, 3.05) is 26.8 Å². The Morgan fingerprint density at radius 1 is 1.31 bits per heavy atom. The minimum Gasteiger partial charge on any atom is -0.383 e. The minimum atomic E-state index is -1.04. The molecule has 0 saturated carbocycles. The number of imide groups is 1. The van der Waals surface area contributed by atoms with Crippen LogP contribution in [-0.4, -0.2) is 66.9 Å². The van der Waals surface area contributed by atoms with Crippen LogP contribution in [0.1, 0.15) is 25.7 Å². The van der Waals surface area contributed by atoms with Gasteiger partial charge in [-0.1, -0.05) is 15.9 Å². The van der Waals surface area contributed by atoms with Crippen molar-refractivity contribution in [3.63, 3.8) is 0 Å². The van der Waals surface area contributed by atoms with E-state index in [-0.39, 0.29) is 36.7 Å². The molecule has 0 spiro atoms. The molecule has 1 atom stereocenters. The van der Waals surface area contributed by atoms with Gasteiger partial charge in [-0.3, -0.25) is 19.7 Å². The number of amides is 3. The molecule has 1 unspecified atom stereocenters. The first-order valence-corrected chi connectivity index (χ1v) is 8.76. The van der Waals surface area contributed by atoms with Crippen LogP contribution < -0.4 is 10.6 Å². The number of nitrogens with zero attached hydrogens (tertiary/aromatic N) is 1. The Balaban J connectivity index is 2.22. The first-order valence-electron chi connectivity index (χ1n) is 7.97. The molecule has 1 heterocycles. The molecule has 0 aromatic heterocycles. The van der Waals surface area contributed by atoms with Crippen molar-refractivity contribution in [1.29, 1.82) is 0 Å². The Morgan fingerprint density at radius 2 is 1.96 bits per heavy atom. The largest absolute Gasteiger partial charge is 0.383 e. The second-order valence-electron chi connectivity index (χ2n) is 5.32. The lowest BCUT2D eigenvalue weighted by Crippen LogP contribution is -2.33. The molecule has 1 fully saturated rings. The Morgan fingerprint density at radius 3 is 2.58 bits per heavy atom. The van der Waals surface area contributed by atoms with Gasteiger partial charge in [0.15, 0.2) is 0 Å². The second-order valence-corrected chi connectivity index (χ2v) is 6.23. The molecule has 1 saturated heterocycles. The summed E-state index contributed by atoms with van der Waals surface area (Å²) >= 11 is 3.09. The average molecular weight is 436 g/mol. The number of methoxy groups -OCH3 is 1. The molecule has 3 N–H and O–H groups in total. The van der Waals surface area contributed by atoms with Gasteiger partial charge in [0.2, 0.25) is 5.91 Å². The van der Waals surface area contributed by atoms with Gasteiger partial charge >= 0.3 is 5.97 Å². The highest BCUT2D eigenvalue weighted by Crippen LogP contribution is 2.13. The molecule has 0 aromatic carbocycles. The zero-order valence-corrected chi connectivity index (χ0v) is 15.9. The van der Waals surface area contributed by atoms with E-state index in [1.807, 2.05) is 0 Å². The Hall–Kier alpha value is -1.82. The number of nitrogens with one attached hydrogen (secondary N) is 2. The van der Waals surface area contributed by atoms with Crippen LogP contribution in [0, 0.1) is 0 Å². The highest BCUT2D eigenvalue weighted by Gasteiger charge is 2.32. The number of hydrogen-bond acceptors (Lipinski definition) is 8. The van der Waals surface area contributed by atoms with Gasteiger partial charge in [0, 0.05) is 50.0 Å². The highest BCUT2D eigenvalue weighted by molar-refractivity contribution is 9.11. The van der Waals surface area contributed by atoms with E-state index >= 15 is 0 Å². The van der Waals surface area contributed by atoms with E-state index in [4.69, 9.17) is 9.57 Å². The third kappa shape index (κ3) is 8.04. The summed E-state index contributed by atoms with van der Waals surface area (Å²) in [6.07, 6.45) is 0.404. The predicted molar refractivity (Wildman–Crippen MR) is 92.3 cm³/mol. The van der Waals surface area contributed by atoms with Gasteiger partial charge in [0.05, 0.1) is 6.61 Å². The van der Waals surface area contributed by atoms with Crippen LogP contribution in [0.2, 0.25) is 0 Å². The molecule has 1 rings (SSSR count). The number of hydrogen-bond donors (Lipinski definition) is 3. The van der Waals surface area contributed by atoms with Crippen molar-refractivity contribution >= 4 is 39.6 Å². The predicted octanol–water partition coefficient (Wildman–Crippen LogP) is -0.677. The van der Waals surface area contributed by atoms with E-state index in [0.717, 1.165) is 0 Å². The third-order valence-corrected chi connectivity index (χ3v) is 3.89. The topological polar surface area (TPSA) is 134 Å². The van der Waals surface area contributed by atoms with Crippen LogP contribution in [0.15, 0.2) is 10.6 Å². The second kappa shape index (κ2) is 11.7. The number of carbonyl (C=O) groups is 4. The van der Waals surface area contributed by atoms with Crippen LogP contribution >= 0.6 is 15.9 Å². The van der Waals surface area contributed by atoms with Crippen molar-refractivity contribution in [3.8, 4) is 0 Å². The van der Waals surface area contributed by atoms with Crippen molar-refractivity contribution in [2.24, 2.45) is 0 Å². The van der Waals surface area contributed by atoms with E-state index in [2.05, 4.69) is 26.6 Å². The maximum absolute atomic E-state index is 11.7. The van der Waals surface area contributed by atoms with Gasteiger partial charge in [-0.05, 0) is 6.42 Å². The maximum Gasteiger partial charge on any atom is 0.333 e. The summed E-state index contributed by atoms with van der Waals surface area (Å²) < 4.78 is 5.07. The quantitative estimate of drug-likeness (QED) is 0.168. The van der Waals surface area contributed by atoms with Gasteiger partial charge in [-0.2, -0.15) is 0 Å². The summed E-state index contributed by atoms with van der Waals surface area (Å²) in [6.45, 7) is 1.00. The Kier molecular flexibility index (Phi) is 10.0. The fraction of sp³-hybridized carbons (Fsp3) is 0.600. The summed E-state index contributed by atoms with van der Waals surface area (Å²) in [4.78, 5) is 50.6. The van der Waals surface area contributed by atoms with Gasteiger partial charge in [0.1, 0.15) is 6.23 Å². The molecule has 0 aromatic rings. The summed E-state index contributed by atoms with van der Waals surface area (Å²) in [5.41, 5.74) is 0.